The Labute approximate surface area is 127 Å². The van der Waals surface area contributed by atoms with E-state index in [1.807, 2.05) is 0 Å². The van der Waals surface area contributed by atoms with Crippen LogP contribution < -0.4 is 10.5 Å². The van der Waals surface area contributed by atoms with E-state index in [1.165, 1.54) is 13.2 Å². The Morgan fingerprint density at radius 2 is 1.95 bits per heavy atom. The van der Waals surface area contributed by atoms with Crippen molar-refractivity contribution in [3.05, 3.63) is 41.6 Å². The van der Waals surface area contributed by atoms with E-state index in [2.05, 4.69) is 14.8 Å². The molecule has 0 radical (unpaired) electrons. The van der Waals surface area contributed by atoms with Crippen LogP contribution in [-0.4, -0.2) is 34.6 Å². The molecule has 0 aliphatic carbocycles. The number of nitrogens with two attached hydrogens (primary N) is 1. The molecule has 120 valence electrons. The number of esters is 2. The summed E-state index contributed by atoms with van der Waals surface area (Å²) in [5.41, 5.74) is 0.665. The maximum absolute atomic E-state index is 11.6. The zero-order chi connectivity index (χ0) is 16.8. The van der Waals surface area contributed by atoms with Crippen LogP contribution in [0.5, 0.6) is 0 Å². The van der Waals surface area contributed by atoms with E-state index < -0.39 is 22.0 Å². The number of ether oxygens (including phenoxy) is 2. The molecule has 0 amide bonds. The molecular weight excluding hydrogens is 312 g/mol. The van der Waals surface area contributed by atoms with Crippen LogP contribution in [0.25, 0.3) is 0 Å². The third-order valence-corrected chi connectivity index (χ3v) is 3.18. The second-order valence-electron chi connectivity index (χ2n) is 4.21. The van der Waals surface area contributed by atoms with Crippen LogP contribution in [0.3, 0.4) is 0 Å². The van der Waals surface area contributed by atoms with Crippen molar-refractivity contribution in [3.8, 4) is 0 Å². The van der Waals surface area contributed by atoms with Gasteiger partial charge in [-0.15, -0.1) is 0 Å². The van der Waals surface area contributed by atoms with Gasteiger partial charge in [-0.3, -0.25) is 0 Å². The molecule has 0 bridgehead atoms. The van der Waals surface area contributed by atoms with E-state index in [1.54, 1.807) is 18.2 Å². The van der Waals surface area contributed by atoms with Crippen LogP contribution in [0, 0.1) is 0 Å². The topological polar surface area (TPSA) is 125 Å². The van der Waals surface area contributed by atoms with Gasteiger partial charge >= 0.3 is 11.9 Å². The Morgan fingerprint density at radius 1 is 1.27 bits per heavy atom. The average molecular weight is 328 g/mol. The Kier molecular flexibility index (Phi) is 6.08. The number of sulfonamides is 1. The van der Waals surface area contributed by atoms with Crippen molar-refractivity contribution in [2.75, 3.05) is 19.5 Å². The van der Waals surface area contributed by atoms with Gasteiger partial charge in [0, 0.05) is 5.69 Å². The van der Waals surface area contributed by atoms with Crippen LogP contribution in [0.2, 0.25) is 0 Å². The molecule has 0 heterocycles. The van der Waals surface area contributed by atoms with E-state index in [-0.39, 0.29) is 11.4 Å². The largest absolute Gasteiger partial charge is 0.466 e. The minimum atomic E-state index is -3.67. The maximum Gasteiger partial charge on any atom is 0.354 e. The molecule has 0 aromatic heterocycles. The fourth-order valence-corrected chi connectivity index (χ4v) is 2.20. The smallest absolute Gasteiger partial charge is 0.354 e. The number of carbonyl (C=O) groups is 2. The predicted molar refractivity (Wildman–Crippen MR) is 79.0 cm³/mol. The van der Waals surface area contributed by atoms with Gasteiger partial charge in [0.25, 0.3) is 0 Å². The molecule has 0 saturated carbocycles. The number of hydrogen-bond donors (Lipinski definition) is 2. The number of anilines is 1. The second kappa shape index (κ2) is 7.57. The van der Waals surface area contributed by atoms with E-state index in [9.17, 15) is 18.0 Å². The summed E-state index contributed by atoms with van der Waals surface area (Å²) in [4.78, 5) is 22.8. The predicted octanol–water partition coefficient (Wildman–Crippen LogP) is 0.117. The van der Waals surface area contributed by atoms with Crippen molar-refractivity contribution in [2.24, 2.45) is 5.14 Å². The van der Waals surface area contributed by atoms with Gasteiger partial charge in [-0.25, -0.2) is 23.1 Å². The first-order valence-corrected chi connectivity index (χ1v) is 7.71. The average Bonchev–Trinajstić information content (AvgIpc) is 2.44. The highest BCUT2D eigenvalue weighted by Gasteiger charge is 2.13. The third-order valence-electron chi connectivity index (χ3n) is 2.44. The molecule has 3 N–H and O–H groups in total. The zero-order valence-corrected chi connectivity index (χ0v) is 12.8. The van der Waals surface area contributed by atoms with Gasteiger partial charge in [0.2, 0.25) is 10.0 Å². The van der Waals surface area contributed by atoms with Crippen molar-refractivity contribution in [1.82, 2.24) is 0 Å². The summed E-state index contributed by atoms with van der Waals surface area (Å²) >= 11 is 0. The quantitative estimate of drug-likeness (QED) is 0.561. The van der Waals surface area contributed by atoms with Gasteiger partial charge in [-0.2, -0.15) is 0 Å². The molecule has 0 saturated heterocycles. The lowest BCUT2D eigenvalue weighted by atomic mass is 10.2. The fraction of sp³-hybridized carbons (Fsp3) is 0.231. The Morgan fingerprint density at radius 3 is 2.50 bits per heavy atom. The Bertz CT molecular complexity index is 696. The molecule has 8 nitrogen and oxygen atoms in total. The highest BCUT2D eigenvalue weighted by atomic mass is 32.2. The Hall–Kier alpha value is -2.39. The maximum atomic E-state index is 11.6. The van der Waals surface area contributed by atoms with Gasteiger partial charge in [0.05, 0.1) is 26.0 Å². The number of methoxy groups -OCH3 is 2. The van der Waals surface area contributed by atoms with Crippen LogP contribution in [0.4, 0.5) is 5.69 Å². The summed E-state index contributed by atoms with van der Waals surface area (Å²) in [6, 6.07) is 6.21. The summed E-state index contributed by atoms with van der Waals surface area (Å²) in [5.74, 6) is -1.87. The van der Waals surface area contributed by atoms with Crippen molar-refractivity contribution in [3.63, 3.8) is 0 Å². The lowest BCUT2D eigenvalue weighted by molar-refractivity contribution is -0.138. The molecule has 22 heavy (non-hydrogen) atoms. The second-order valence-corrected chi connectivity index (χ2v) is 5.82. The summed E-state index contributed by atoms with van der Waals surface area (Å²) in [7, 11) is -1.35. The molecule has 0 atom stereocenters. The Balaban J connectivity index is 3.04. The minimum absolute atomic E-state index is 0.151. The normalized spacial score (nSPS) is 11.7. The third kappa shape index (κ3) is 5.94. The van der Waals surface area contributed by atoms with Crippen molar-refractivity contribution >= 4 is 27.6 Å². The number of carbonyl (C=O) groups excluding carboxylic acids is 2. The van der Waals surface area contributed by atoms with Crippen molar-refractivity contribution < 1.29 is 27.5 Å². The van der Waals surface area contributed by atoms with Gasteiger partial charge in [-0.05, 0) is 17.7 Å². The van der Waals surface area contributed by atoms with Crippen LogP contribution in [-0.2, 0) is 34.8 Å². The van der Waals surface area contributed by atoms with Crippen LogP contribution in [0.1, 0.15) is 5.56 Å². The lowest BCUT2D eigenvalue weighted by Crippen LogP contribution is -2.16. The lowest BCUT2D eigenvalue weighted by Gasteiger charge is -2.10. The highest BCUT2D eigenvalue weighted by Crippen LogP contribution is 2.15. The summed E-state index contributed by atoms with van der Waals surface area (Å²) in [6.07, 6.45) is 0.929. The molecule has 1 rings (SSSR count). The number of rotatable bonds is 6. The van der Waals surface area contributed by atoms with Gasteiger partial charge in [0.1, 0.15) is 5.70 Å². The van der Waals surface area contributed by atoms with Crippen LogP contribution >= 0.6 is 0 Å². The molecule has 0 aliphatic heterocycles. The van der Waals surface area contributed by atoms with Crippen molar-refractivity contribution in [2.45, 2.75) is 5.75 Å². The first kappa shape index (κ1) is 17.7. The van der Waals surface area contributed by atoms with E-state index >= 15 is 0 Å². The molecule has 9 heteroatoms. The fourth-order valence-electron chi connectivity index (χ4n) is 1.56. The summed E-state index contributed by atoms with van der Waals surface area (Å²) < 4.78 is 31.2. The first-order valence-electron chi connectivity index (χ1n) is 5.99. The summed E-state index contributed by atoms with van der Waals surface area (Å²) in [5, 5.41) is 7.65. The number of benzene rings is 1. The molecule has 1 aromatic carbocycles. The van der Waals surface area contributed by atoms with E-state index in [0.717, 1.165) is 13.2 Å². The first-order chi connectivity index (χ1) is 10.2. The summed E-state index contributed by atoms with van der Waals surface area (Å²) in [6.45, 7) is 0. The molecule has 0 aliphatic rings. The molecule has 1 aromatic rings. The van der Waals surface area contributed by atoms with Gasteiger partial charge in [0.15, 0.2) is 0 Å². The molecule has 0 fully saturated rings. The number of nitrogens with one attached hydrogen (secondary N) is 1. The van der Waals surface area contributed by atoms with Crippen molar-refractivity contribution in [1.29, 1.82) is 0 Å². The SMILES string of the molecule is COC(=O)/C=C(/Nc1cccc(CS(N)(=O)=O)c1)C(=O)OC. The minimum Gasteiger partial charge on any atom is -0.466 e. The van der Waals surface area contributed by atoms with E-state index in [0.29, 0.717) is 11.3 Å². The van der Waals surface area contributed by atoms with Gasteiger partial charge < -0.3 is 14.8 Å². The van der Waals surface area contributed by atoms with E-state index in [4.69, 9.17) is 5.14 Å². The molecule has 0 spiro atoms. The standard InChI is InChI=1S/C13H16N2O6S/c1-20-12(16)7-11(13(17)21-2)15-10-5-3-4-9(6-10)8-22(14,18)19/h3-7,15H,8H2,1-2H3,(H2,14,18,19)/b11-7+. The molecule has 0 unspecified atom stereocenters. The number of hydrogen-bond acceptors (Lipinski definition) is 7. The number of primary sulfonamides is 1. The van der Waals surface area contributed by atoms with Crippen LogP contribution in [0.15, 0.2) is 36.0 Å². The van der Waals surface area contributed by atoms with Gasteiger partial charge in [-0.1, -0.05) is 12.1 Å². The highest BCUT2D eigenvalue weighted by molar-refractivity contribution is 7.88. The zero-order valence-electron chi connectivity index (χ0n) is 12.0. The monoisotopic (exact) mass is 328 g/mol. The molecular formula is C13H16N2O6S.